The second-order valence-corrected chi connectivity index (χ2v) is 4.77. The number of hydrogen-bond acceptors (Lipinski definition) is 2. The van der Waals surface area contributed by atoms with Crippen LogP contribution >= 0.6 is 0 Å². The molecule has 2 atom stereocenters. The quantitative estimate of drug-likeness (QED) is 0.863. The zero-order chi connectivity index (χ0) is 14.6. The molecule has 1 aromatic carbocycles. The molecule has 2 unspecified atom stereocenters. The number of benzene rings is 1. The van der Waals surface area contributed by atoms with Gasteiger partial charge in [0.2, 0.25) is 5.91 Å². The number of anilines is 1. The van der Waals surface area contributed by atoms with Gasteiger partial charge in [0, 0.05) is 12.1 Å². The van der Waals surface area contributed by atoms with Crippen LogP contribution in [-0.4, -0.2) is 18.0 Å². The molecule has 1 rings (SSSR count). The lowest BCUT2D eigenvalue weighted by Gasteiger charge is -2.19. The Labute approximate surface area is 112 Å². The third-order valence-corrected chi connectivity index (χ3v) is 3.01. The lowest BCUT2D eigenvalue weighted by atomic mass is 10.2. The fraction of sp³-hybridized carbons (Fsp3) is 0.500. The Bertz CT molecular complexity index is 463. The summed E-state index contributed by atoms with van der Waals surface area (Å²) < 4.78 is 27.0. The number of halogens is 2. The zero-order valence-electron chi connectivity index (χ0n) is 11.7. The molecule has 106 valence electrons. The van der Waals surface area contributed by atoms with Gasteiger partial charge >= 0.3 is 0 Å². The van der Waals surface area contributed by atoms with Crippen LogP contribution in [0.2, 0.25) is 0 Å². The van der Waals surface area contributed by atoms with Crippen LogP contribution in [-0.2, 0) is 4.79 Å². The Morgan fingerprint density at radius 2 is 1.89 bits per heavy atom. The summed E-state index contributed by atoms with van der Waals surface area (Å²) in [7, 11) is 0. The van der Waals surface area contributed by atoms with Gasteiger partial charge in [-0.25, -0.2) is 8.78 Å². The molecule has 0 saturated carbocycles. The summed E-state index contributed by atoms with van der Waals surface area (Å²) in [5.41, 5.74) is 0.231. The van der Waals surface area contributed by atoms with Crippen LogP contribution < -0.4 is 10.6 Å². The minimum Gasteiger partial charge on any atom is -0.371 e. The second-order valence-electron chi connectivity index (χ2n) is 4.77. The Morgan fingerprint density at radius 1 is 1.26 bits per heavy atom. The molecule has 0 heterocycles. The smallest absolute Gasteiger partial charge is 0.242 e. The number of aryl methyl sites for hydroxylation is 1. The number of carbonyl (C=O) groups is 1. The predicted octanol–water partition coefficient (Wildman–Crippen LogP) is 2.99. The van der Waals surface area contributed by atoms with Gasteiger partial charge in [0.15, 0.2) is 0 Å². The van der Waals surface area contributed by atoms with Gasteiger partial charge in [0.25, 0.3) is 0 Å². The molecule has 0 spiro atoms. The summed E-state index contributed by atoms with van der Waals surface area (Å²) in [6.07, 6.45) is 0.811. The first kappa shape index (κ1) is 15.4. The van der Waals surface area contributed by atoms with Gasteiger partial charge < -0.3 is 10.6 Å². The summed E-state index contributed by atoms with van der Waals surface area (Å²) in [6.45, 7) is 6.94. The summed E-state index contributed by atoms with van der Waals surface area (Å²) in [5, 5.41) is 5.46. The molecule has 0 aromatic heterocycles. The van der Waals surface area contributed by atoms with Crippen molar-refractivity contribution in [3.63, 3.8) is 0 Å². The van der Waals surface area contributed by atoms with Gasteiger partial charge in [0.05, 0.1) is 5.69 Å². The van der Waals surface area contributed by atoms with E-state index in [-0.39, 0.29) is 23.2 Å². The fourth-order valence-corrected chi connectivity index (χ4v) is 1.53. The van der Waals surface area contributed by atoms with Crippen molar-refractivity contribution in [3.05, 3.63) is 29.3 Å². The summed E-state index contributed by atoms with van der Waals surface area (Å²) in [4.78, 5) is 11.8. The topological polar surface area (TPSA) is 41.1 Å². The van der Waals surface area contributed by atoms with E-state index in [0.29, 0.717) is 0 Å². The van der Waals surface area contributed by atoms with E-state index in [1.165, 1.54) is 6.92 Å². The minimum absolute atomic E-state index is 0.00472. The maximum Gasteiger partial charge on any atom is 0.242 e. The molecule has 3 nitrogen and oxygen atoms in total. The van der Waals surface area contributed by atoms with Crippen molar-refractivity contribution in [1.82, 2.24) is 5.32 Å². The predicted molar refractivity (Wildman–Crippen MR) is 72.1 cm³/mol. The maximum absolute atomic E-state index is 13.6. The highest BCUT2D eigenvalue weighted by atomic mass is 19.1. The first-order chi connectivity index (χ1) is 8.85. The number of rotatable bonds is 5. The van der Waals surface area contributed by atoms with Crippen molar-refractivity contribution in [3.8, 4) is 0 Å². The largest absolute Gasteiger partial charge is 0.371 e. The van der Waals surface area contributed by atoms with Gasteiger partial charge in [0.1, 0.15) is 17.7 Å². The molecular weight excluding hydrogens is 250 g/mol. The molecule has 0 saturated heterocycles. The van der Waals surface area contributed by atoms with Crippen molar-refractivity contribution < 1.29 is 13.6 Å². The SMILES string of the molecule is CCC(C)NC(=O)C(C)Nc1cc(F)c(C)cc1F. The number of carbonyl (C=O) groups excluding carboxylic acids is 1. The number of nitrogens with one attached hydrogen (secondary N) is 2. The Morgan fingerprint density at radius 3 is 2.47 bits per heavy atom. The molecule has 1 amide bonds. The molecule has 1 aromatic rings. The van der Waals surface area contributed by atoms with Crippen LogP contribution in [0.3, 0.4) is 0 Å². The molecule has 0 bridgehead atoms. The van der Waals surface area contributed by atoms with E-state index in [4.69, 9.17) is 0 Å². The van der Waals surface area contributed by atoms with E-state index in [1.54, 1.807) is 6.92 Å². The monoisotopic (exact) mass is 270 g/mol. The van der Waals surface area contributed by atoms with Crippen molar-refractivity contribution >= 4 is 11.6 Å². The highest BCUT2D eigenvalue weighted by molar-refractivity contribution is 5.84. The van der Waals surface area contributed by atoms with E-state index < -0.39 is 17.7 Å². The van der Waals surface area contributed by atoms with Gasteiger partial charge in [-0.1, -0.05) is 6.92 Å². The van der Waals surface area contributed by atoms with Gasteiger partial charge in [-0.2, -0.15) is 0 Å². The van der Waals surface area contributed by atoms with Gasteiger partial charge in [-0.05, 0) is 38.8 Å². The van der Waals surface area contributed by atoms with E-state index >= 15 is 0 Å². The first-order valence-corrected chi connectivity index (χ1v) is 6.37. The Balaban J connectivity index is 2.74. The third-order valence-electron chi connectivity index (χ3n) is 3.01. The standard InChI is InChI=1S/C14H20F2N2O/c1-5-9(3)17-14(19)10(4)18-13-7-11(15)8(2)6-12(13)16/h6-7,9-10,18H,5H2,1-4H3,(H,17,19). The van der Waals surface area contributed by atoms with Crippen LogP contribution in [0, 0.1) is 18.6 Å². The molecule has 0 aliphatic rings. The highest BCUT2D eigenvalue weighted by Gasteiger charge is 2.16. The van der Waals surface area contributed by atoms with E-state index in [2.05, 4.69) is 10.6 Å². The molecule has 5 heteroatoms. The van der Waals surface area contributed by atoms with Crippen molar-refractivity contribution in [1.29, 1.82) is 0 Å². The van der Waals surface area contributed by atoms with Crippen molar-refractivity contribution in [2.24, 2.45) is 0 Å². The normalized spacial score (nSPS) is 13.8. The van der Waals surface area contributed by atoms with Crippen LogP contribution in [0.5, 0.6) is 0 Å². The lowest BCUT2D eigenvalue weighted by Crippen LogP contribution is -2.42. The van der Waals surface area contributed by atoms with Crippen LogP contribution in [0.1, 0.15) is 32.8 Å². The molecule has 2 N–H and O–H groups in total. The van der Waals surface area contributed by atoms with Crippen molar-refractivity contribution in [2.75, 3.05) is 5.32 Å². The average molecular weight is 270 g/mol. The molecule has 0 radical (unpaired) electrons. The molecule has 0 aliphatic carbocycles. The average Bonchev–Trinajstić information content (AvgIpc) is 2.35. The maximum atomic E-state index is 13.6. The van der Waals surface area contributed by atoms with Crippen molar-refractivity contribution in [2.45, 2.75) is 46.2 Å². The number of amides is 1. The van der Waals surface area contributed by atoms with Crippen LogP contribution in [0.25, 0.3) is 0 Å². The Kier molecular flexibility index (Phi) is 5.27. The van der Waals surface area contributed by atoms with Crippen LogP contribution in [0.15, 0.2) is 12.1 Å². The van der Waals surface area contributed by atoms with E-state index in [1.807, 2.05) is 13.8 Å². The van der Waals surface area contributed by atoms with E-state index in [0.717, 1.165) is 18.6 Å². The fourth-order valence-electron chi connectivity index (χ4n) is 1.53. The first-order valence-electron chi connectivity index (χ1n) is 6.37. The van der Waals surface area contributed by atoms with Crippen LogP contribution in [0.4, 0.5) is 14.5 Å². The van der Waals surface area contributed by atoms with E-state index in [9.17, 15) is 13.6 Å². The zero-order valence-corrected chi connectivity index (χ0v) is 11.7. The molecular formula is C14H20F2N2O. The minimum atomic E-state index is -0.634. The lowest BCUT2D eigenvalue weighted by molar-refractivity contribution is -0.122. The molecule has 0 aliphatic heterocycles. The molecule has 0 fully saturated rings. The van der Waals surface area contributed by atoms with Gasteiger partial charge in [-0.15, -0.1) is 0 Å². The highest BCUT2D eigenvalue weighted by Crippen LogP contribution is 2.19. The summed E-state index contributed by atoms with van der Waals surface area (Å²) in [6, 6.07) is 1.59. The Hall–Kier alpha value is -1.65. The second kappa shape index (κ2) is 6.50. The van der Waals surface area contributed by atoms with Gasteiger partial charge in [-0.3, -0.25) is 4.79 Å². The number of hydrogen-bond donors (Lipinski definition) is 2. The molecule has 19 heavy (non-hydrogen) atoms. The third kappa shape index (κ3) is 4.19. The summed E-state index contributed by atoms with van der Waals surface area (Å²) >= 11 is 0. The summed E-state index contributed by atoms with van der Waals surface area (Å²) in [5.74, 6) is -1.31.